The van der Waals surface area contributed by atoms with E-state index in [0.717, 1.165) is 6.20 Å². The van der Waals surface area contributed by atoms with Gasteiger partial charge in [-0.05, 0) is 12.1 Å². The Bertz CT molecular complexity index is 1230. The van der Waals surface area contributed by atoms with Crippen molar-refractivity contribution in [2.75, 3.05) is 5.73 Å². The summed E-state index contributed by atoms with van der Waals surface area (Å²) in [4.78, 5) is 7.88. The van der Waals surface area contributed by atoms with Crippen LogP contribution < -0.4 is 5.73 Å². The van der Waals surface area contributed by atoms with Crippen LogP contribution in [0.4, 0.5) is 19.1 Å². The van der Waals surface area contributed by atoms with Crippen LogP contribution in [0.3, 0.4) is 0 Å². The molecule has 2 heterocycles. The summed E-state index contributed by atoms with van der Waals surface area (Å²) in [6.07, 6.45) is 1.12. The maximum absolute atomic E-state index is 15.0. The van der Waals surface area contributed by atoms with Crippen molar-refractivity contribution in [1.82, 2.24) is 19.7 Å². The number of benzene rings is 2. The lowest BCUT2D eigenvalue weighted by Gasteiger charge is -2.17. The Morgan fingerprint density at radius 1 is 1.04 bits per heavy atom. The number of nitrogens with two attached hydrogens (primary N) is 1. The first-order valence-corrected chi connectivity index (χ1v) is 8.07. The second-order valence-corrected chi connectivity index (χ2v) is 5.91. The van der Waals surface area contributed by atoms with Gasteiger partial charge in [-0.3, -0.25) is 0 Å². The molecular weight excluding hydrogens is 369 g/mol. The zero-order valence-electron chi connectivity index (χ0n) is 14.1. The van der Waals surface area contributed by atoms with Crippen molar-refractivity contribution in [2.45, 2.75) is 6.05 Å². The molecule has 4 aromatic rings. The first-order valence-electron chi connectivity index (χ1n) is 8.07. The number of alkyl halides is 2. The number of aromatic nitrogens is 4. The number of nitriles is 1. The number of fused-ring (bicyclic) bond motifs is 1. The largest absolute Gasteiger partial charge is 0.372 e. The van der Waals surface area contributed by atoms with Crippen LogP contribution in [0.2, 0.25) is 0 Å². The number of nitrogens with zero attached hydrogens (tertiary/aromatic N) is 5. The predicted molar refractivity (Wildman–Crippen MR) is 95.6 cm³/mol. The molecule has 0 radical (unpaired) electrons. The molecule has 0 bridgehead atoms. The molecule has 0 aliphatic carbocycles. The zero-order valence-corrected chi connectivity index (χ0v) is 14.1. The molecule has 0 aliphatic rings. The molecule has 2 aromatic carbocycles. The van der Waals surface area contributed by atoms with E-state index in [9.17, 15) is 13.2 Å². The average Bonchev–Trinajstić information content (AvgIpc) is 3.13. The van der Waals surface area contributed by atoms with Crippen molar-refractivity contribution in [2.24, 2.45) is 0 Å². The van der Waals surface area contributed by atoms with Gasteiger partial charge < -0.3 is 5.73 Å². The van der Waals surface area contributed by atoms with Crippen LogP contribution >= 0.6 is 0 Å². The van der Waals surface area contributed by atoms with Crippen LogP contribution in [-0.2, 0) is 6.05 Å². The normalized spacial score (nSPS) is 11.5. The molecule has 2 aromatic heterocycles. The molecule has 0 saturated carbocycles. The predicted octanol–water partition coefficient (Wildman–Crippen LogP) is 3.68. The average molecular weight is 380 g/mol. The van der Waals surface area contributed by atoms with E-state index < -0.39 is 11.9 Å². The van der Waals surface area contributed by atoms with Crippen LogP contribution in [0.25, 0.3) is 22.3 Å². The maximum Gasteiger partial charge on any atom is 0.372 e. The van der Waals surface area contributed by atoms with Crippen LogP contribution in [-0.4, -0.2) is 19.7 Å². The second-order valence-electron chi connectivity index (χ2n) is 5.91. The van der Waals surface area contributed by atoms with Gasteiger partial charge in [-0.1, -0.05) is 36.4 Å². The summed E-state index contributed by atoms with van der Waals surface area (Å²) in [5.41, 5.74) is 4.87. The lowest BCUT2D eigenvalue weighted by molar-refractivity contribution is -0.0443. The Morgan fingerprint density at radius 3 is 2.50 bits per heavy atom. The molecule has 0 spiro atoms. The highest BCUT2D eigenvalue weighted by molar-refractivity contribution is 5.91. The molecule has 4 rings (SSSR count). The van der Waals surface area contributed by atoms with Gasteiger partial charge in [-0.2, -0.15) is 28.8 Å². The first-order chi connectivity index (χ1) is 13.4. The van der Waals surface area contributed by atoms with E-state index in [1.54, 1.807) is 12.1 Å². The van der Waals surface area contributed by atoms with Gasteiger partial charge in [0.15, 0.2) is 5.65 Å². The number of rotatable bonds is 3. The highest BCUT2D eigenvalue weighted by Crippen LogP contribution is 2.35. The molecule has 0 amide bonds. The van der Waals surface area contributed by atoms with Crippen molar-refractivity contribution in [3.8, 4) is 17.3 Å². The minimum absolute atomic E-state index is 0.0211. The number of hydrogen-bond donors (Lipinski definition) is 1. The smallest absolute Gasteiger partial charge is 0.368 e. The quantitative estimate of drug-likeness (QED) is 0.585. The minimum Gasteiger partial charge on any atom is -0.368 e. The van der Waals surface area contributed by atoms with E-state index in [1.165, 1.54) is 42.5 Å². The third-order valence-electron chi connectivity index (χ3n) is 4.21. The Labute approximate surface area is 156 Å². The standard InChI is InChI=1S/C19H11F3N6/c20-15-11(9-23)5-4-8-13(15)16-14-10-25-28(17(14)27-18(24)26-16)19(21,22)12-6-2-1-3-7-12/h1-8,10H,(H2,24,26,27). The van der Waals surface area contributed by atoms with Crippen LogP contribution in [0.1, 0.15) is 11.1 Å². The van der Waals surface area contributed by atoms with Gasteiger partial charge in [-0.25, -0.2) is 9.37 Å². The van der Waals surface area contributed by atoms with Gasteiger partial charge in [0.05, 0.1) is 22.8 Å². The highest BCUT2D eigenvalue weighted by Gasteiger charge is 2.37. The molecular formula is C19H11F3N6. The van der Waals surface area contributed by atoms with E-state index in [4.69, 9.17) is 11.0 Å². The van der Waals surface area contributed by atoms with Crippen molar-refractivity contribution in [1.29, 1.82) is 5.26 Å². The summed E-state index contributed by atoms with van der Waals surface area (Å²) in [5.74, 6) is -1.15. The van der Waals surface area contributed by atoms with Gasteiger partial charge in [0.25, 0.3) is 0 Å². The summed E-state index contributed by atoms with van der Waals surface area (Å²) in [5, 5.41) is 12.9. The molecule has 0 fully saturated rings. The summed E-state index contributed by atoms with van der Waals surface area (Å²) in [7, 11) is 0. The molecule has 28 heavy (non-hydrogen) atoms. The van der Waals surface area contributed by atoms with Gasteiger partial charge in [0.2, 0.25) is 5.95 Å². The SMILES string of the molecule is N#Cc1cccc(-c2nc(N)nc3c2cnn3C(F)(F)c2ccccc2)c1F. The Morgan fingerprint density at radius 2 is 1.79 bits per heavy atom. The summed E-state index contributed by atoms with van der Waals surface area (Å²) >= 11 is 0. The third kappa shape index (κ3) is 2.63. The van der Waals surface area contributed by atoms with Crippen molar-refractivity contribution in [3.63, 3.8) is 0 Å². The Kier molecular flexibility index (Phi) is 3.96. The molecule has 9 heteroatoms. The zero-order chi connectivity index (χ0) is 19.9. The number of anilines is 1. The monoisotopic (exact) mass is 380 g/mol. The molecule has 0 unspecified atom stereocenters. The van der Waals surface area contributed by atoms with Crippen LogP contribution in [0.15, 0.2) is 54.7 Å². The molecule has 0 saturated heterocycles. The van der Waals surface area contributed by atoms with Crippen molar-refractivity contribution < 1.29 is 13.2 Å². The lowest BCUT2D eigenvalue weighted by atomic mass is 10.1. The molecule has 0 atom stereocenters. The number of hydrogen-bond acceptors (Lipinski definition) is 5. The molecule has 6 nitrogen and oxygen atoms in total. The Hall–Kier alpha value is -3.93. The lowest BCUT2D eigenvalue weighted by Crippen LogP contribution is -2.26. The van der Waals surface area contributed by atoms with Gasteiger partial charge in [-0.15, -0.1) is 0 Å². The topological polar surface area (TPSA) is 93.4 Å². The van der Waals surface area contributed by atoms with E-state index >= 15 is 0 Å². The van der Waals surface area contributed by atoms with E-state index in [2.05, 4.69) is 15.1 Å². The summed E-state index contributed by atoms with van der Waals surface area (Å²) in [6.45, 7) is 0. The van der Waals surface area contributed by atoms with Gasteiger partial charge in [0, 0.05) is 11.1 Å². The third-order valence-corrected chi connectivity index (χ3v) is 4.21. The molecule has 2 N–H and O–H groups in total. The fourth-order valence-corrected chi connectivity index (χ4v) is 2.90. The maximum atomic E-state index is 15.0. The summed E-state index contributed by atoms with van der Waals surface area (Å²) < 4.78 is 45.0. The number of halogens is 3. The van der Waals surface area contributed by atoms with Crippen LogP contribution in [0.5, 0.6) is 0 Å². The van der Waals surface area contributed by atoms with E-state index in [1.807, 2.05) is 0 Å². The summed E-state index contributed by atoms with van der Waals surface area (Å²) in [6, 6.07) is 9.44. The fourth-order valence-electron chi connectivity index (χ4n) is 2.90. The fraction of sp³-hybridized carbons (Fsp3) is 0.0526. The minimum atomic E-state index is -3.52. The van der Waals surface area contributed by atoms with Gasteiger partial charge in [0.1, 0.15) is 11.9 Å². The van der Waals surface area contributed by atoms with Crippen LogP contribution in [0, 0.1) is 17.1 Å². The van der Waals surface area contributed by atoms with Crippen molar-refractivity contribution >= 4 is 17.0 Å². The second kappa shape index (κ2) is 6.35. The highest BCUT2D eigenvalue weighted by atomic mass is 19.3. The van der Waals surface area contributed by atoms with E-state index in [0.29, 0.717) is 4.68 Å². The molecule has 138 valence electrons. The first kappa shape index (κ1) is 17.5. The van der Waals surface area contributed by atoms with Crippen molar-refractivity contribution in [3.05, 3.63) is 71.7 Å². The van der Waals surface area contributed by atoms with Gasteiger partial charge >= 0.3 is 6.05 Å². The molecule has 0 aliphatic heterocycles. The Balaban J connectivity index is 1.98. The number of nitrogen functional groups attached to an aromatic ring is 1. The van der Waals surface area contributed by atoms with E-state index in [-0.39, 0.29) is 39.4 Å².